The molecule has 0 saturated carbocycles. The standard InChI is InChI=1S/C52H46N8O9/c1-8-67-50(64)43-39(27-57(53-43)35-19-11-30(4)12-20-35)47(61)34-17-25-38(26-18-34)60-33(7)42(48(62)40-28-58(36-21-13-31(5)14-22-36)54-44(40)51(65)68-9-2)46(56-60)49(63)41-29-59(37-23-15-32(6)16-24-37)55-45(41)52(66)69-10-3/h11-29H,8-10H2,1-7H3. The van der Waals surface area contributed by atoms with Crippen LogP contribution in [-0.2, 0) is 14.2 Å². The summed E-state index contributed by atoms with van der Waals surface area (Å²) in [4.78, 5) is 84.5. The van der Waals surface area contributed by atoms with Crippen molar-refractivity contribution < 1.29 is 43.0 Å². The second kappa shape index (κ2) is 19.5. The zero-order valence-electron chi connectivity index (χ0n) is 38.8. The molecule has 8 rings (SSSR count). The first-order valence-electron chi connectivity index (χ1n) is 22.1. The molecule has 0 aliphatic carbocycles. The monoisotopic (exact) mass is 926 g/mol. The van der Waals surface area contributed by atoms with Gasteiger partial charge in [-0.2, -0.15) is 20.4 Å². The van der Waals surface area contributed by atoms with Gasteiger partial charge in [-0.25, -0.2) is 33.1 Å². The zero-order chi connectivity index (χ0) is 49.1. The predicted molar refractivity (Wildman–Crippen MR) is 251 cm³/mol. The molecule has 4 aromatic carbocycles. The summed E-state index contributed by atoms with van der Waals surface area (Å²) < 4.78 is 21.4. The van der Waals surface area contributed by atoms with E-state index in [-0.39, 0.29) is 76.1 Å². The molecule has 0 radical (unpaired) electrons. The molecule has 0 saturated heterocycles. The van der Waals surface area contributed by atoms with Gasteiger partial charge in [0.25, 0.3) is 0 Å². The van der Waals surface area contributed by atoms with Crippen LogP contribution in [-0.4, -0.2) is 94.2 Å². The first-order chi connectivity index (χ1) is 33.2. The van der Waals surface area contributed by atoms with Crippen LogP contribution < -0.4 is 0 Å². The smallest absolute Gasteiger partial charge is 0.359 e. The highest BCUT2D eigenvalue weighted by Crippen LogP contribution is 2.29. The SMILES string of the molecule is CCOC(=O)c1nn(-c2ccc(C)cc2)cc1C(=O)c1ccc(-n2nc(C(=O)c3cn(-c4ccc(C)cc4)nc3C(=O)OCC)c(C(=O)c3cn(-c4ccc(C)cc4)nc3C(=O)OCC)c2C)cc1. The van der Waals surface area contributed by atoms with Crippen LogP contribution >= 0.6 is 0 Å². The number of benzene rings is 4. The highest BCUT2D eigenvalue weighted by Gasteiger charge is 2.35. The summed E-state index contributed by atoms with van der Waals surface area (Å²) in [6.07, 6.45) is 4.22. The Morgan fingerprint density at radius 1 is 0.406 bits per heavy atom. The summed E-state index contributed by atoms with van der Waals surface area (Å²) in [5, 5.41) is 18.1. The number of ketones is 3. The fourth-order valence-electron chi connectivity index (χ4n) is 7.52. The lowest BCUT2D eigenvalue weighted by molar-refractivity contribution is 0.0507. The first-order valence-corrected chi connectivity index (χ1v) is 22.1. The molecule has 17 nitrogen and oxygen atoms in total. The number of carbonyl (C=O) groups is 6. The molecule has 4 heterocycles. The Hall–Kier alpha value is -8.86. The topological polar surface area (TPSA) is 201 Å². The molecule has 69 heavy (non-hydrogen) atoms. The van der Waals surface area contributed by atoms with E-state index >= 15 is 9.59 Å². The van der Waals surface area contributed by atoms with Crippen LogP contribution in [0.15, 0.2) is 116 Å². The van der Waals surface area contributed by atoms with Crippen LogP contribution in [0.5, 0.6) is 0 Å². The van der Waals surface area contributed by atoms with Crippen molar-refractivity contribution in [2.45, 2.75) is 48.5 Å². The van der Waals surface area contributed by atoms with Crippen molar-refractivity contribution in [3.63, 3.8) is 0 Å². The fraction of sp³-hybridized carbons (Fsp3) is 0.192. The van der Waals surface area contributed by atoms with E-state index in [9.17, 15) is 19.2 Å². The molecule has 0 amide bonds. The van der Waals surface area contributed by atoms with Gasteiger partial charge in [0.1, 0.15) is 5.69 Å². The van der Waals surface area contributed by atoms with Gasteiger partial charge in [-0.05, 0) is 109 Å². The third kappa shape index (κ3) is 9.29. The van der Waals surface area contributed by atoms with Crippen LogP contribution in [0, 0.1) is 27.7 Å². The van der Waals surface area contributed by atoms with E-state index in [2.05, 4.69) is 15.3 Å². The number of nitrogens with zero attached hydrogens (tertiary/aromatic N) is 8. The zero-order valence-corrected chi connectivity index (χ0v) is 38.8. The second-order valence-electron chi connectivity index (χ2n) is 15.9. The lowest BCUT2D eigenvalue weighted by Gasteiger charge is -2.07. The Bertz CT molecular complexity index is 3280. The summed E-state index contributed by atoms with van der Waals surface area (Å²) in [5.74, 6) is -4.69. The van der Waals surface area contributed by atoms with Gasteiger partial charge in [0.2, 0.25) is 11.6 Å². The summed E-state index contributed by atoms with van der Waals surface area (Å²) in [6.45, 7) is 12.3. The lowest BCUT2D eigenvalue weighted by Crippen LogP contribution is -2.16. The number of rotatable bonds is 16. The average Bonchev–Trinajstić information content (AvgIpc) is 4.17. The summed E-state index contributed by atoms with van der Waals surface area (Å²) in [7, 11) is 0. The number of hydrogen-bond acceptors (Lipinski definition) is 13. The van der Waals surface area contributed by atoms with Gasteiger partial charge in [-0.3, -0.25) is 14.4 Å². The van der Waals surface area contributed by atoms with Crippen molar-refractivity contribution in [1.29, 1.82) is 0 Å². The van der Waals surface area contributed by atoms with Gasteiger partial charge in [0.15, 0.2) is 22.9 Å². The average molecular weight is 927 g/mol. The van der Waals surface area contributed by atoms with E-state index in [1.165, 1.54) is 49.5 Å². The maximum atomic E-state index is 15.2. The Morgan fingerprint density at radius 2 is 0.739 bits per heavy atom. The van der Waals surface area contributed by atoms with Crippen molar-refractivity contribution in [3.8, 4) is 22.7 Å². The predicted octanol–water partition coefficient (Wildman–Crippen LogP) is 7.89. The fourth-order valence-corrected chi connectivity index (χ4v) is 7.52. The van der Waals surface area contributed by atoms with Crippen molar-refractivity contribution in [2.24, 2.45) is 0 Å². The summed E-state index contributed by atoms with van der Waals surface area (Å²) in [5.41, 5.74) is 3.55. The molecule has 0 aliphatic heterocycles. The van der Waals surface area contributed by atoms with Gasteiger partial charge in [0.05, 0.1) is 70.5 Å². The van der Waals surface area contributed by atoms with Gasteiger partial charge in [-0.15, -0.1) is 0 Å². The molecule has 0 spiro atoms. The quantitative estimate of drug-likeness (QED) is 0.0515. The first kappa shape index (κ1) is 46.7. The molecular formula is C52H46N8O9. The van der Waals surface area contributed by atoms with E-state index in [0.29, 0.717) is 22.7 Å². The van der Waals surface area contributed by atoms with Gasteiger partial charge in [0, 0.05) is 24.2 Å². The third-order valence-electron chi connectivity index (χ3n) is 11.1. The van der Waals surface area contributed by atoms with Crippen molar-refractivity contribution >= 4 is 35.3 Å². The molecule has 0 bridgehead atoms. The number of hydrogen-bond donors (Lipinski definition) is 0. The molecule has 0 N–H and O–H groups in total. The molecule has 0 unspecified atom stereocenters. The van der Waals surface area contributed by atoms with Gasteiger partial charge < -0.3 is 14.2 Å². The molecular weight excluding hydrogens is 881 g/mol. The van der Waals surface area contributed by atoms with Crippen LogP contribution in [0.25, 0.3) is 22.7 Å². The Morgan fingerprint density at radius 3 is 1.10 bits per heavy atom. The van der Waals surface area contributed by atoms with E-state index in [1.54, 1.807) is 64.1 Å². The van der Waals surface area contributed by atoms with Crippen molar-refractivity contribution in [2.75, 3.05) is 19.8 Å². The van der Waals surface area contributed by atoms with Crippen molar-refractivity contribution in [3.05, 3.63) is 189 Å². The number of aromatic nitrogens is 8. The highest BCUT2D eigenvalue weighted by atomic mass is 16.5. The van der Waals surface area contributed by atoms with E-state index in [1.807, 2.05) is 69.3 Å². The minimum absolute atomic E-state index is 0.00462. The molecule has 348 valence electrons. The number of aryl methyl sites for hydroxylation is 3. The van der Waals surface area contributed by atoms with Crippen LogP contribution in [0.1, 0.15) is 123 Å². The number of ether oxygens (including phenoxy) is 3. The van der Waals surface area contributed by atoms with E-state index in [0.717, 1.165) is 16.7 Å². The van der Waals surface area contributed by atoms with Gasteiger partial charge >= 0.3 is 17.9 Å². The molecule has 0 aliphatic rings. The number of esters is 3. The molecule has 0 atom stereocenters. The maximum Gasteiger partial charge on any atom is 0.359 e. The minimum Gasteiger partial charge on any atom is -0.461 e. The molecule has 8 aromatic rings. The Labute approximate surface area is 395 Å². The molecule has 4 aromatic heterocycles. The van der Waals surface area contributed by atoms with Crippen LogP contribution in [0.2, 0.25) is 0 Å². The lowest BCUT2D eigenvalue weighted by atomic mass is 9.97. The second-order valence-corrected chi connectivity index (χ2v) is 15.9. The minimum atomic E-state index is -0.879. The normalized spacial score (nSPS) is 11.1. The molecule has 17 heteroatoms. The third-order valence-corrected chi connectivity index (χ3v) is 11.1. The molecule has 0 fully saturated rings. The van der Waals surface area contributed by atoms with E-state index in [4.69, 9.17) is 19.3 Å². The Kier molecular flexibility index (Phi) is 13.2. The van der Waals surface area contributed by atoms with E-state index < -0.39 is 35.3 Å². The van der Waals surface area contributed by atoms with Crippen molar-refractivity contribution in [1.82, 2.24) is 39.1 Å². The largest absolute Gasteiger partial charge is 0.461 e. The van der Waals surface area contributed by atoms with Gasteiger partial charge in [-0.1, -0.05) is 53.1 Å². The Balaban J connectivity index is 1.26. The van der Waals surface area contributed by atoms with Crippen LogP contribution in [0.3, 0.4) is 0 Å². The highest BCUT2D eigenvalue weighted by molar-refractivity contribution is 6.22. The maximum absolute atomic E-state index is 15.2. The summed E-state index contributed by atoms with van der Waals surface area (Å²) in [6, 6.07) is 28.0. The summed E-state index contributed by atoms with van der Waals surface area (Å²) >= 11 is 0. The van der Waals surface area contributed by atoms with Crippen LogP contribution in [0.4, 0.5) is 0 Å². The number of carbonyl (C=O) groups excluding carboxylic acids is 6.